The number of hydrogen-bond acceptors (Lipinski definition) is 5. The topological polar surface area (TPSA) is 61.3 Å². The van der Waals surface area contributed by atoms with Crippen molar-refractivity contribution in [2.24, 2.45) is 5.92 Å². The van der Waals surface area contributed by atoms with E-state index in [1.54, 1.807) is 18.2 Å². The number of benzene rings is 1. The van der Waals surface area contributed by atoms with Crippen LogP contribution >= 0.6 is 31.7 Å². The Balaban J connectivity index is -0.000000464. The molecule has 1 aromatic carbocycles. The minimum atomic E-state index is -0.125. The second kappa shape index (κ2) is 38.8. The van der Waals surface area contributed by atoms with Crippen molar-refractivity contribution < 1.29 is 31.3 Å². The van der Waals surface area contributed by atoms with Crippen LogP contribution in [-0.4, -0.2) is 78.0 Å². The van der Waals surface area contributed by atoms with Crippen LogP contribution in [0.5, 0.6) is 0 Å². The van der Waals surface area contributed by atoms with Crippen LogP contribution in [0, 0.1) is 20.8 Å². The molecule has 2 unspecified atom stereocenters. The zero-order valence-electron chi connectivity index (χ0n) is 56.9. The summed E-state index contributed by atoms with van der Waals surface area (Å²) in [4.78, 5) is 19.6. The summed E-state index contributed by atoms with van der Waals surface area (Å²) in [6.45, 7) is 61.0. The minimum Gasteiger partial charge on any atom is -0.469 e. The van der Waals surface area contributed by atoms with Gasteiger partial charge in [-0.15, -0.1) is 6.58 Å². The molecule has 0 amide bonds. The molecule has 3 aromatic rings. The first-order valence-electron chi connectivity index (χ1n) is 28.8. The Kier molecular flexibility index (Phi) is 41.4. The maximum Gasteiger partial charge on any atom is 2.00 e. The quantitative estimate of drug-likeness (QED) is 0.0666. The molecule has 0 spiro atoms. The van der Waals surface area contributed by atoms with Crippen LogP contribution in [0.2, 0.25) is 0 Å². The van der Waals surface area contributed by atoms with Gasteiger partial charge in [0.2, 0.25) is 0 Å². The molecule has 2 heterocycles. The SMILES string of the molecule is C=C(C)C.CC(C)(C)P(Cc1ccccc1CP(C(C)(C)C)C(C)(C)C)C(C)(C)C.CC(C)(C)P(c1ccccn1)C1CCCC1.CC(C)(C)P(c1ccccn1)C1CCCC1.COC(=O)CC(C)C.COC(C)(C)C.[CH3-].[CH3-].[Fe+2]. The molecule has 2 aromatic heterocycles. The summed E-state index contributed by atoms with van der Waals surface area (Å²) >= 11 is 0. The maximum atomic E-state index is 10.4. The number of carbonyl (C=O) groups excluding carboxylic acids is 1. The van der Waals surface area contributed by atoms with Gasteiger partial charge in [-0.3, -0.25) is 14.8 Å². The third-order valence-electron chi connectivity index (χ3n) is 13.0. The number of methoxy groups -OCH3 is 2. The van der Waals surface area contributed by atoms with Gasteiger partial charge in [-0.2, -0.15) is 0 Å². The van der Waals surface area contributed by atoms with Crippen LogP contribution < -0.4 is 10.9 Å². The monoisotopic (exact) mass is 1210 g/mol. The maximum absolute atomic E-state index is 10.4. The summed E-state index contributed by atoms with van der Waals surface area (Å²) in [5.41, 5.74) is 8.94. The van der Waals surface area contributed by atoms with Crippen LogP contribution in [0.1, 0.15) is 242 Å². The molecule has 2 aliphatic carbocycles. The molecule has 2 saturated carbocycles. The van der Waals surface area contributed by atoms with Gasteiger partial charge in [0, 0.05) is 25.9 Å². The summed E-state index contributed by atoms with van der Waals surface area (Å²) in [7, 11) is 2.68. The molecule has 5 rings (SSSR count). The number of ether oxygens (including phenoxy) is 2. The average molecular weight is 1210 g/mol. The van der Waals surface area contributed by atoms with E-state index in [4.69, 9.17) is 4.74 Å². The van der Waals surface area contributed by atoms with E-state index < -0.39 is 0 Å². The molecule has 5 nitrogen and oxygen atoms in total. The summed E-state index contributed by atoms with van der Waals surface area (Å²) in [6, 6.07) is 22.1. The number of nitrogens with zero attached hydrogens (tertiary/aromatic N) is 2. The second-order valence-corrected chi connectivity index (χ2v) is 42.9. The van der Waals surface area contributed by atoms with Crippen molar-refractivity contribution in [1.82, 2.24) is 9.97 Å². The van der Waals surface area contributed by atoms with Crippen LogP contribution in [-0.2, 0) is 43.7 Å². The van der Waals surface area contributed by atoms with E-state index >= 15 is 0 Å². The zero-order chi connectivity index (χ0) is 59.1. The number of hydrogen-bond donors (Lipinski definition) is 0. The van der Waals surface area contributed by atoms with Gasteiger partial charge in [0.25, 0.3) is 0 Å². The van der Waals surface area contributed by atoms with Crippen LogP contribution in [0.3, 0.4) is 0 Å². The first-order chi connectivity index (χ1) is 34.6. The molecule has 10 heteroatoms. The van der Waals surface area contributed by atoms with Gasteiger partial charge >= 0.3 is 23.0 Å². The van der Waals surface area contributed by atoms with Crippen LogP contribution in [0.25, 0.3) is 0 Å². The van der Waals surface area contributed by atoms with Crippen molar-refractivity contribution in [3.63, 3.8) is 0 Å². The van der Waals surface area contributed by atoms with Gasteiger partial charge in [-0.1, -0.05) is 222 Å². The van der Waals surface area contributed by atoms with Crippen molar-refractivity contribution in [3.8, 4) is 0 Å². The van der Waals surface area contributed by atoms with E-state index in [9.17, 15) is 4.79 Å². The fourth-order valence-corrected chi connectivity index (χ4v) is 24.2. The Morgan fingerprint density at radius 1 is 0.532 bits per heavy atom. The van der Waals surface area contributed by atoms with Crippen molar-refractivity contribution in [2.45, 2.75) is 291 Å². The standard InChI is InChI=1S/C24H44P2.2C14H22NP.C6H12O2.C5H12O.C4H8.2CH3.Fe/c1-21(2,3)25(22(4,5)6)17-19-15-13-14-16-20(19)18-26(23(7,8)9)24(10,11)12;2*1-14(2,3)16(12-8-4-5-9-12)13-10-6-7-11-15-13;1-5(2)4-6(7)8-3;1-5(2,3)6-4;1-4(2)3;;;/h13-16H,17-18H2,1-12H3;2*6-7,10-12H,4-5,8-9H2,1-3H3;5H,4H2,1-3H3;1-4H3;1H2,2-3H3;2*1H3;/q;;;;;;2*-1;+2. The number of rotatable bonds is 10. The minimum absolute atomic E-state index is 0. The fraction of sp³-hybridized carbons (Fsp3) is 0.696. The van der Waals surface area contributed by atoms with Gasteiger partial charge in [0.05, 0.1) is 23.6 Å². The molecule has 79 heavy (non-hydrogen) atoms. The Bertz CT molecular complexity index is 1870. The second-order valence-electron chi connectivity index (χ2n) is 28.7. The molecule has 2 aliphatic rings. The number of pyridine rings is 2. The van der Waals surface area contributed by atoms with E-state index in [1.807, 2.05) is 73.0 Å². The van der Waals surface area contributed by atoms with E-state index in [2.05, 4.69) is 194 Å². The smallest absolute Gasteiger partial charge is 0.469 e. The molecule has 458 valence electrons. The third-order valence-corrected chi connectivity index (χ3v) is 27.7. The third kappa shape index (κ3) is 36.4. The Labute approximate surface area is 509 Å². The molecule has 0 bridgehead atoms. The van der Waals surface area contributed by atoms with Gasteiger partial charge in [-0.05, 0) is 172 Å². The van der Waals surface area contributed by atoms with E-state index in [0.29, 0.717) is 43.3 Å². The Morgan fingerprint density at radius 2 is 0.797 bits per heavy atom. The Morgan fingerprint density at radius 3 is 0.975 bits per heavy atom. The van der Waals surface area contributed by atoms with E-state index in [-0.39, 0.29) is 75.2 Å². The predicted octanol–water partition coefficient (Wildman–Crippen LogP) is 21.8. The van der Waals surface area contributed by atoms with Crippen molar-refractivity contribution in [2.75, 3.05) is 14.2 Å². The Hall–Kier alpha value is -1.07. The number of allylic oxidation sites excluding steroid dienone is 1. The van der Waals surface area contributed by atoms with Gasteiger partial charge in [0.15, 0.2) is 0 Å². The summed E-state index contributed by atoms with van der Waals surface area (Å²) in [5, 5.41) is 2.27. The largest absolute Gasteiger partial charge is 2.00 e. The molecule has 0 saturated heterocycles. The normalized spacial score (nSPS) is 15.0. The van der Waals surface area contributed by atoms with E-state index in [1.165, 1.54) is 87.2 Å². The van der Waals surface area contributed by atoms with Crippen molar-refractivity contribution in [3.05, 3.63) is 111 Å². The fourth-order valence-electron chi connectivity index (χ4n) is 10.1. The average Bonchev–Trinajstić information content (AvgIpc) is 3.99. The molecule has 2 fully saturated rings. The molecule has 2 atom stereocenters. The first kappa shape index (κ1) is 84.4. The number of esters is 1. The van der Waals surface area contributed by atoms with Crippen LogP contribution in [0.15, 0.2) is 85.2 Å². The molecule has 0 radical (unpaired) electrons. The molecular weight excluding hydrogens is 1080 g/mol. The predicted molar refractivity (Wildman–Crippen MR) is 364 cm³/mol. The zero-order valence-corrected chi connectivity index (χ0v) is 61.6. The molecule has 0 N–H and O–H groups in total. The summed E-state index contributed by atoms with van der Waals surface area (Å²) < 4.78 is 9.36. The van der Waals surface area contributed by atoms with Gasteiger partial charge in [-0.25, -0.2) is 0 Å². The van der Waals surface area contributed by atoms with Gasteiger partial charge in [0.1, 0.15) is 0 Å². The number of carbonyl (C=O) groups is 1. The number of aromatic nitrogens is 2. The summed E-state index contributed by atoms with van der Waals surface area (Å²) in [5.74, 6) is 0.280. The molecule has 0 aliphatic heterocycles. The summed E-state index contributed by atoms with van der Waals surface area (Å²) in [6.07, 6.45) is 18.3. The van der Waals surface area contributed by atoms with Gasteiger partial charge < -0.3 is 24.3 Å². The van der Waals surface area contributed by atoms with E-state index in [0.717, 1.165) is 11.3 Å². The van der Waals surface area contributed by atoms with Crippen LogP contribution in [0.4, 0.5) is 0 Å². The first-order valence-corrected chi connectivity index (χ1v) is 34.7. The van der Waals surface area contributed by atoms with Crippen molar-refractivity contribution in [1.29, 1.82) is 0 Å². The molecular formula is C69H126FeN2O3P4. The van der Waals surface area contributed by atoms with Crippen molar-refractivity contribution >= 4 is 48.5 Å².